The molecule has 0 spiro atoms. The third-order valence-electron chi connectivity index (χ3n) is 2.25. The molecule has 0 aromatic heterocycles. The number of rotatable bonds is 4. The SMILES string of the molecule is Clc1cccc(Cl)c1OCCC1=NCCN1. The van der Waals surface area contributed by atoms with Crippen molar-refractivity contribution in [2.24, 2.45) is 4.99 Å². The highest BCUT2D eigenvalue weighted by molar-refractivity contribution is 6.37. The number of hydrogen-bond acceptors (Lipinski definition) is 3. The Morgan fingerprint density at radius 3 is 2.69 bits per heavy atom. The highest BCUT2D eigenvalue weighted by Gasteiger charge is 2.08. The van der Waals surface area contributed by atoms with Crippen LogP contribution in [0.3, 0.4) is 0 Å². The standard InChI is InChI=1S/C11H12Cl2N2O/c12-8-2-1-3-9(13)11(8)16-7-4-10-14-5-6-15-10/h1-3H,4-7H2,(H,14,15). The largest absolute Gasteiger partial charge is 0.490 e. The molecule has 0 radical (unpaired) electrons. The Labute approximate surface area is 104 Å². The number of amidine groups is 1. The van der Waals surface area contributed by atoms with E-state index in [4.69, 9.17) is 27.9 Å². The zero-order chi connectivity index (χ0) is 11.4. The fraction of sp³-hybridized carbons (Fsp3) is 0.364. The molecule has 1 heterocycles. The maximum atomic E-state index is 5.97. The van der Waals surface area contributed by atoms with Gasteiger partial charge in [0.2, 0.25) is 0 Å². The molecular formula is C11H12Cl2N2O. The van der Waals surface area contributed by atoms with Gasteiger partial charge in [0, 0.05) is 13.0 Å². The van der Waals surface area contributed by atoms with Crippen molar-refractivity contribution in [2.75, 3.05) is 19.7 Å². The third-order valence-corrected chi connectivity index (χ3v) is 2.84. The molecule has 5 heteroatoms. The first-order chi connectivity index (χ1) is 7.77. The van der Waals surface area contributed by atoms with Crippen molar-refractivity contribution in [1.82, 2.24) is 5.32 Å². The van der Waals surface area contributed by atoms with Crippen molar-refractivity contribution in [1.29, 1.82) is 0 Å². The average Bonchev–Trinajstić information content (AvgIpc) is 2.75. The van der Waals surface area contributed by atoms with Crippen LogP contribution < -0.4 is 10.1 Å². The summed E-state index contributed by atoms with van der Waals surface area (Å²) in [6.45, 7) is 2.29. The van der Waals surface area contributed by atoms with Gasteiger partial charge in [0.1, 0.15) is 0 Å². The van der Waals surface area contributed by atoms with Gasteiger partial charge in [0.05, 0.1) is 29.0 Å². The van der Waals surface area contributed by atoms with Crippen LogP contribution in [0, 0.1) is 0 Å². The van der Waals surface area contributed by atoms with Crippen molar-refractivity contribution in [3.63, 3.8) is 0 Å². The van der Waals surface area contributed by atoms with E-state index in [1.54, 1.807) is 18.2 Å². The summed E-state index contributed by atoms with van der Waals surface area (Å²) in [5.41, 5.74) is 0. The molecule has 0 aliphatic carbocycles. The summed E-state index contributed by atoms with van der Waals surface area (Å²) in [7, 11) is 0. The Balaban J connectivity index is 1.89. The maximum Gasteiger partial charge on any atom is 0.156 e. The Hall–Kier alpha value is -0.930. The van der Waals surface area contributed by atoms with Crippen LogP contribution >= 0.6 is 23.2 Å². The molecule has 0 saturated carbocycles. The molecule has 0 atom stereocenters. The molecule has 86 valence electrons. The number of nitrogens with one attached hydrogen (secondary N) is 1. The fourth-order valence-electron chi connectivity index (χ4n) is 1.48. The van der Waals surface area contributed by atoms with Gasteiger partial charge in [-0.2, -0.15) is 0 Å². The normalized spacial score (nSPS) is 14.5. The Morgan fingerprint density at radius 1 is 1.31 bits per heavy atom. The van der Waals surface area contributed by atoms with Crippen LogP contribution in [0.4, 0.5) is 0 Å². The first-order valence-corrected chi connectivity index (χ1v) is 5.87. The lowest BCUT2D eigenvalue weighted by Gasteiger charge is -2.09. The van der Waals surface area contributed by atoms with E-state index in [-0.39, 0.29) is 0 Å². The molecule has 0 amide bonds. The lowest BCUT2D eigenvalue weighted by atomic mass is 10.3. The van der Waals surface area contributed by atoms with E-state index in [2.05, 4.69) is 10.3 Å². The molecule has 1 aliphatic heterocycles. The molecule has 1 aliphatic rings. The summed E-state index contributed by atoms with van der Waals surface area (Å²) in [4.78, 5) is 4.27. The second kappa shape index (κ2) is 5.41. The minimum Gasteiger partial charge on any atom is -0.490 e. The predicted octanol–water partition coefficient (Wildman–Crippen LogP) is 2.76. The third kappa shape index (κ3) is 2.80. The van der Waals surface area contributed by atoms with Gasteiger partial charge in [0.15, 0.2) is 5.75 Å². The van der Waals surface area contributed by atoms with Gasteiger partial charge in [-0.3, -0.25) is 4.99 Å². The molecule has 0 unspecified atom stereocenters. The molecule has 0 fully saturated rings. The highest BCUT2D eigenvalue weighted by Crippen LogP contribution is 2.32. The molecule has 3 nitrogen and oxygen atoms in total. The first-order valence-electron chi connectivity index (χ1n) is 5.11. The second-order valence-corrected chi connectivity index (χ2v) is 4.22. The van der Waals surface area contributed by atoms with Gasteiger partial charge >= 0.3 is 0 Å². The van der Waals surface area contributed by atoms with Crippen LogP contribution in [0.1, 0.15) is 6.42 Å². The van der Waals surface area contributed by atoms with Gasteiger partial charge in [-0.1, -0.05) is 29.3 Å². The van der Waals surface area contributed by atoms with Crippen molar-refractivity contribution in [3.8, 4) is 5.75 Å². The predicted molar refractivity (Wildman–Crippen MR) is 66.9 cm³/mol. The van der Waals surface area contributed by atoms with E-state index in [0.717, 1.165) is 25.3 Å². The van der Waals surface area contributed by atoms with Gasteiger partial charge in [-0.05, 0) is 12.1 Å². The van der Waals surface area contributed by atoms with Crippen molar-refractivity contribution < 1.29 is 4.74 Å². The van der Waals surface area contributed by atoms with E-state index < -0.39 is 0 Å². The summed E-state index contributed by atoms with van der Waals surface area (Å²) in [5, 5.41) is 4.25. The number of halogens is 2. The molecule has 0 bridgehead atoms. The zero-order valence-corrected chi connectivity index (χ0v) is 10.2. The van der Waals surface area contributed by atoms with Crippen LogP contribution in [0.2, 0.25) is 10.0 Å². The van der Waals surface area contributed by atoms with E-state index in [1.165, 1.54) is 0 Å². The first kappa shape index (κ1) is 11.6. The maximum absolute atomic E-state index is 5.97. The Kier molecular flexibility index (Phi) is 3.91. The highest BCUT2D eigenvalue weighted by atomic mass is 35.5. The number of ether oxygens (including phenoxy) is 1. The average molecular weight is 259 g/mol. The van der Waals surface area contributed by atoms with Crippen molar-refractivity contribution in [2.45, 2.75) is 6.42 Å². The Morgan fingerprint density at radius 2 is 2.06 bits per heavy atom. The van der Waals surface area contributed by atoms with E-state index in [0.29, 0.717) is 22.4 Å². The summed E-state index contributed by atoms with van der Waals surface area (Å²) in [6, 6.07) is 5.31. The molecular weight excluding hydrogens is 247 g/mol. The quantitative estimate of drug-likeness (QED) is 0.902. The van der Waals surface area contributed by atoms with Crippen LogP contribution in [0.5, 0.6) is 5.75 Å². The van der Waals surface area contributed by atoms with Crippen molar-refractivity contribution in [3.05, 3.63) is 28.2 Å². The number of aliphatic imine (C=N–C) groups is 1. The molecule has 1 aromatic rings. The fourth-order valence-corrected chi connectivity index (χ4v) is 1.99. The summed E-state index contributed by atoms with van der Waals surface area (Å²) in [5.74, 6) is 1.53. The topological polar surface area (TPSA) is 33.6 Å². The van der Waals surface area contributed by atoms with E-state index in [9.17, 15) is 0 Å². The van der Waals surface area contributed by atoms with Gasteiger partial charge in [0.25, 0.3) is 0 Å². The number of hydrogen-bond donors (Lipinski definition) is 1. The van der Waals surface area contributed by atoms with E-state index >= 15 is 0 Å². The minimum absolute atomic E-state index is 0.523. The van der Waals surface area contributed by atoms with Crippen LogP contribution in [-0.4, -0.2) is 25.5 Å². The van der Waals surface area contributed by atoms with Crippen LogP contribution in [-0.2, 0) is 0 Å². The van der Waals surface area contributed by atoms with E-state index in [1.807, 2.05) is 0 Å². The van der Waals surface area contributed by atoms with Crippen LogP contribution in [0.15, 0.2) is 23.2 Å². The Bertz CT molecular complexity index is 387. The monoisotopic (exact) mass is 258 g/mol. The van der Waals surface area contributed by atoms with Crippen molar-refractivity contribution >= 4 is 29.0 Å². The van der Waals surface area contributed by atoms with Crippen LogP contribution in [0.25, 0.3) is 0 Å². The van der Waals surface area contributed by atoms with Gasteiger partial charge in [-0.25, -0.2) is 0 Å². The van der Waals surface area contributed by atoms with Gasteiger partial charge in [-0.15, -0.1) is 0 Å². The number of nitrogens with zero attached hydrogens (tertiary/aromatic N) is 1. The molecule has 16 heavy (non-hydrogen) atoms. The zero-order valence-electron chi connectivity index (χ0n) is 8.67. The smallest absolute Gasteiger partial charge is 0.156 e. The second-order valence-electron chi connectivity index (χ2n) is 3.40. The number of para-hydroxylation sites is 1. The summed E-state index contributed by atoms with van der Waals surface area (Å²) in [6.07, 6.45) is 0.752. The molecule has 0 saturated heterocycles. The molecule has 1 aromatic carbocycles. The number of benzene rings is 1. The lowest BCUT2D eigenvalue weighted by molar-refractivity contribution is 0.329. The molecule has 1 N–H and O–H groups in total. The summed E-state index contributed by atoms with van der Waals surface area (Å²) >= 11 is 11.9. The minimum atomic E-state index is 0.523. The summed E-state index contributed by atoms with van der Waals surface area (Å²) < 4.78 is 5.54. The lowest BCUT2D eigenvalue weighted by Crippen LogP contribution is -2.20. The molecule has 2 rings (SSSR count). The van der Waals surface area contributed by atoms with Gasteiger partial charge < -0.3 is 10.1 Å².